The monoisotopic (exact) mass is 247 g/mol. The predicted octanol–water partition coefficient (Wildman–Crippen LogP) is 1.62. The fraction of sp³-hybridized carbons (Fsp3) is 0.364. The fourth-order valence-electron chi connectivity index (χ4n) is 1.93. The molecule has 2 heterocycles. The molecule has 0 fully saturated rings. The van der Waals surface area contributed by atoms with Gasteiger partial charge in [-0.15, -0.1) is 0 Å². The molecule has 0 saturated heterocycles. The molecule has 1 aliphatic heterocycles. The molecule has 0 atom stereocenters. The lowest BCUT2D eigenvalue weighted by atomic mass is 10.1. The number of guanidine groups is 1. The Kier molecular flexibility index (Phi) is 2.64. The van der Waals surface area contributed by atoms with E-state index in [1.165, 1.54) is 17.3 Å². The van der Waals surface area contributed by atoms with Gasteiger partial charge in [0.2, 0.25) is 0 Å². The Morgan fingerprint density at radius 1 is 1.41 bits per heavy atom. The zero-order valence-electron chi connectivity index (χ0n) is 9.53. The molecular weight excluding hydrogens is 234 g/mol. The van der Waals surface area contributed by atoms with Crippen molar-refractivity contribution in [3.05, 3.63) is 17.7 Å². The minimum atomic E-state index is 0.828. The van der Waals surface area contributed by atoms with Crippen LogP contribution >= 0.6 is 11.7 Å². The van der Waals surface area contributed by atoms with E-state index in [4.69, 9.17) is 0 Å². The van der Waals surface area contributed by atoms with Crippen LogP contribution in [0.5, 0.6) is 0 Å². The van der Waals surface area contributed by atoms with Gasteiger partial charge in [-0.2, -0.15) is 8.75 Å². The van der Waals surface area contributed by atoms with Gasteiger partial charge in [0.25, 0.3) is 0 Å². The van der Waals surface area contributed by atoms with Crippen LogP contribution in [-0.4, -0.2) is 27.8 Å². The molecule has 1 aromatic heterocycles. The highest BCUT2D eigenvalue weighted by atomic mass is 32.1. The van der Waals surface area contributed by atoms with Gasteiger partial charge < -0.3 is 10.6 Å². The summed E-state index contributed by atoms with van der Waals surface area (Å²) < 4.78 is 8.61. The second-order valence-corrected chi connectivity index (χ2v) is 4.40. The Morgan fingerprint density at radius 3 is 3.12 bits per heavy atom. The number of aromatic nitrogens is 2. The molecule has 0 amide bonds. The van der Waals surface area contributed by atoms with Crippen LogP contribution in [0.3, 0.4) is 0 Å². The van der Waals surface area contributed by atoms with Crippen molar-refractivity contribution in [3.8, 4) is 0 Å². The van der Waals surface area contributed by atoms with Crippen LogP contribution in [0.25, 0.3) is 11.0 Å². The standard InChI is InChI=1S/C11H13N5S/c1-2-7-3-4-8-10(16-17-15-8)9(7)14-11-12-5-6-13-11/h3-4H,2,5-6H2,1H3,(H2,12,13,14). The number of fused-ring (bicyclic) bond motifs is 1. The molecule has 3 rings (SSSR count). The summed E-state index contributed by atoms with van der Waals surface area (Å²) in [7, 11) is 0. The summed E-state index contributed by atoms with van der Waals surface area (Å²) in [5.74, 6) is 0.834. The van der Waals surface area contributed by atoms with Crippen molar-refractivity contribution in [3.63, 3.8) is 0 Å². The number of hydrogen-bond acceptors (Lipinski definition) is 6. The van der Waals surface area contributed by atoms with Crippen molar-refractivity contribution in [2.45, 2.75) is 13.3 Å². The van der Waals surface area contributed by atoms with E-state index >= 15 is 0 Å². The Balaban J connectivity index is 2.07. The van der Waals surface area contributed by atoms with E-state index in [0.29, 0.717) is 0 Å². The summed E-state index contributed by atoms with van der Waals surface area (Å²) in [6.45, 7) is 3.86. The first-order valence-corrected chi connectivity index (χ1v) is 6.41. The molecule has 0 bridgehead atoms. The van der Waals surface area contributed by atoms with Gasteiger partial charge in [0, 0.05) is 6.54 Å². The second kappa shape index (κ2) is 4.29. The molecule has 0 unspecified atom stereocenters. The van der Waals surface area contributed by atoms with Crippen LogP contribution < -0.4 is 10.6 Å². The van der Waals surface area contributed by atoms with E-state index in [1.54, 1.807) is 0 Å². The Hall–Kier alpha value is -1.69. The van der Waals surface area contributed by atoms with Crippen molar-refractivity contribution in [1.29, 1.82) is 0 Å². The van der Waals surface area contributed by atoms with Gasteiger partial charge in [-0.3, -0.25) is 4.99 Å². The molecule has 88 valence electrons. The minimum absolute atomic E-state index is 0.828. The number of benzene rings is 1. The van der Waals surface area contributed by atoms with Crippen LogP contribution in [0.2, 0.25) is 0 Å². The molecule has 6 heteroatoms. The minimum Gasteiger partial charge on any atom is -0.354 e. The molecule has 2 N–H and O–H groups in total. The highest BCUT2D eigenvalue weighted by Gasteiger charge is 2.13. The first kappa shape index (κ1) is 10.5. The van der Waals surface area contributed by atoms with E-state index in [0.717, 1.165) is 42.2 Å². The molecule has 5 nitrogen and oxygen atoms in total. The number of anilines is 1. The molecule has 0 aliphatic carbocycles. The lowest BCUT2D eigenvalue weighted by Crippen LogP contribution is -2.26. The Labute approximate surface area is 103 Å². The van der Waals surface area contributed by atoms with Crippen molar-refractivity contribution >= 4 is 34.4 Å². The normalized spacial score (nSPS) is 14.8. The number of aliphatic imine (C=N–C) groups is 1. The Bertz CT molecular complexity index is 574. The van der Waals surface area contributed by atoms with Crippen molar-refractivity contribution in [2.24, 2.45) is 4.99 Å². The summed E-state index contributed by atoms with van der Waals surface area (Å²) in [6, 6.07) is 4.12. The van der Waals surface area contributed by atoms with Crippen LogP contribution in [0.15, 0.2) is 17.1 Å². The number of rotatable bonds is 2. The molecular formula is C11H13N5S. The Morgan fingerprint density at radius 2 is 2.35 bits per heavy atom. The van der Waals surface area contributed by atoms with Gasteiger partial charge >= 0.3 is 0 Å². The third-order valence-corrected chi connectivity index (χ3v) is 3.36. The quantitative estimate of drug-likeness (QED) is 0.846. The summed E-state index contributed by atoms with van der Waals surface area (Å²) in [5, 5.41) is 6.54. The maximum absolute atomic E-state index is 4.35. The van der Waals surface area contributed by atoms with Gasteiger partial charge in [0.1, 0.15) is 11.0 Å². The zero-order valence-corrected chi connectivity index (χ0v) is 10.3. The van der Waals surface area contributed by atoms with Gasteiger partial charge in [0.15, 0.2) is 5.96 Å². The highest BCUT2D eigenvalue weighted by Crippen LogP contribution is 2.26. The number of nitrogens with zero attached hydrogens (tertiary/aromatic N) is 3. The number of nitrogens with one attached hydrogen (secondary N) is 2. The van der Waals surface area contributed by atoms with Gasteiger partial charge in [-0.25, -0.2) is 0 Å². The predicted molar refractivity (Wildman–Crippen MR) is 70.7 cm³/mol. The molecule has 0 radical (unpaired) electrons. The van der Waals surface area contributed by atoms with E-state index in [1.807, 2.05) is 6.07 Å². The summed E-state index contributed by atoms with van der Waals surface area (Å²) in [4.78, 5) is 4.35. The zero-order chi connectivity index (χ0) is 11.7. The number of aryl methyl sites for hydroxylation is 1. The molecule has 0 saturated carbocycles. The molecule has 1 aliphatic rings. The SMILES string of the molecule is CCc1ccc2nsnc2c1NC1=NCCN1. The van der Waals surface area contributed by atoms with Gasteiger partial charge in [-0.05, 0) is 18.1 Å². The number of hydrogen-bond donors (Lipinski definition) is 2. The van der Waals surface area contributed by atoms with E-state index < -0.39 is 0 Å². The summed E-state index contributed by atoms with van der Waals surface area (Å²) in [6.07, 6.45) is 0.961. The topological polar surface area (TPSA) is 62.2 Å². The lowest BCUT2D eigenvalue weighted by molar-refractivity contribution is 0.959. The first-order valence-electron chi connectivity index (χ1n) is 5.68. The molecule has 1 aromatic carbocycles. The van der Waals surface area contributed by atoms with Crippen LogP contribution in [0.4, 0.5) is 5.69 Å². The fourth-order valence-corrected chi connectivity index (χ4v) is 2.47. The average molecular weight is 247 g/mol. The smallest absolute Gasteiger partial charge is 0.195 e. The maximum Gasteiger partial charge on any atom is 0.195 e. The van der Waals surface area contributed by atoms with E-state index in [2.05, 4.69) is 37.4 Å². The third-order valence-electron chi connectivity index (χ3n) is 2.81. The highest BCUT2D eigenvalue weighted by molar-refractivity contribution is 7.00. The van der Waals surface area contributed by atoms with Gasteiger partial charge in [-0.1, -0.05) is 13.0 Å². The van der Waals surface area contributed by atoms with Crippen LogP contribution in [-0.2, 0) is 6.42 Å². The third kappa shape index (κ3) is 1.84. The van der Waals surface area contributed by atoms with Crippen molar-refractivity contribution in [1.82, 2.24) is 14.1 Å². The van der Waals surface area contributed by atoms with Crippen LogP contribution in [0, 0.1) is 0 Å². The first-order chi connectivity index (χ1) is 8.38. The van der Waals surface area contributed by atoms with Gasteiger partial charge in [0.05, 0.1) is 24.0 Å². The van der Waals surface area contributed by atoms with Crippen LogP contribution in [0.1, 0.15) is 12.5 Å². The second-order valence-electron chi connectivity index (χ2n) is 3.87. The molecule has 17 heavy (non-hydrogen) atoms. The molecule has 2 aromatic rings. The summed E-state index contributed by atoms with van der Waals surface area (Å²) in [5.41, 5.74) is 4.15. The van der Waals surface area contributed by atoms with Crippen molar-refractivity contribution in [2.75, 3.05) is 18.4 Å². The van der Waals surface area contributed by atoms with E-state index in [9.17, 15) is 0 Å². The van der Waals surface area contributed by atoms with Crippen molar-refractivity contribution < 1.29 is 0 Å². The average Bonchev–Trinajstić information content (AvgIpc) is 2.99. The maximum atomic E-state index is 4.35. The van der Waals surface area contributed by atoms with E-state index in [-0.39, 0.29) is 0 Å². The summed E-state index contributed by atoms with van der Waals surface area (Å²) >= 11 is 1.24. The largest absolute Gasteiger partial charge is 0.354 e. The molecule has 0 spiro atoms. The lowest BCUT2D eigenvalue weighted by Gasteiger charge is -2.11.